The first-order chi connectivity index (χ1) is 12.3. The van der Waals surface area contributed by atoms with E-state index in [1.165, 1.54) is 59.9 Å². The van der Waals surface area contributed by atoms with Gasteiger partial charge in [0, 0.05) is 0 Å². The van der Waals surface area contributed by atoms with Crippen LogP contribution in [0.4, 0.5) is 0 Å². The van der Waals surface area contributed by atoms with Gasteiger partial charge in [-0.1, -0.05) is 68.1 Å². The average Bonchev–Trinajstić information content (AvgIpc) is 3.15. The van der Waals surface area contributed by atoms with Crippen molar-refractivity contribution in [2.75, 3.05) is 0 Å². The van der Waals surface area contributed by atoms with Gasteiger partial charge in [-0.25, -0.2) is 0 Å². The predicted molar refractivity (Wildman–Crippen MR) is 109 cm³/mol. The Balaban J connectivity index is 1.53. The summed E-state index contributed by atoms with van der Waals surface area (Å²) in [6, 6.07) is 16.0. The number of hydrogen-bond donors (Lipinski definition) is 0. The minimum atomic E-state index is 0.908. The molecule has 1 fully saturated rings. The lowest BCUT2D eigenvalue weighted by atomic mass is 9.91. The second-order valence-electron chi connectivity index (χ2n) is 7.30. The zero-order valence-electron chi connectivity index (χ0n) is 14.5. The van der Waals surface area contributed by atoms with Crippen LogP contribution in [-0.4, -0.2) is 5.16 Å². The summed E-state index contributed by atoms with van der Waals surface area (Å²) in [7, 11) is 0. The van der Waals surface area contributed by atoms with Gasteiger partial charge in [0.2, 0.25) is 0 Å². The molecule has 4 rings (SSSR count). The fourth-order valence-electron chi connectivity index (χ4n) is 4.18. The number of nitrogens with zero attached hydrogens (tertiary/aromatic N) is 1. The Bertz CT molecular complexity index is 835. The Hall–Kier alpha value is -2.02. The third kappa shape index (κ3) is 3.81. The Labute approximate surface area is 155 Å². The maximum Gasteiger partial charge on any atom is 0.0637 e. The largest absolute Gasteiger partial charge is 0.199 e. The smallest absolute Gasteiger partial charge is 0.0637 e. The third-order valence-corrected chi connectivity index (χ3v) is 5.68. The Morgan fingerprint density at radius 3 is 2.48 bits per heavy atom. The Morgan fingerprint density at radius 2 is 1.72 bits per heavy atom. The maximum absolute atomic E-state index is 4.71. The minimum absolute atomic E-state index is 0.908. The molecule has 2 heteroatoms. The molecule has 0 heterocycles. The molecule has 1 nitrogen and oxygen atoms in total. The topological polar surface area (TPSA) is 12.4 Å². The summed E-state index contributed by atoms with van der Waals surface area (Å²) in [5, 5.41) is 2.48. The van der Waals surface area contributed by atoms with Gasteiger partial charge in [0.1, 0.15) is 0 Å². The van der Waals surface area contributed by atoms with Crippen LogP contribution in [0.1, 0.15) is 48.8 Å². The van der Waals surface area contributed by atoms with E-state index in [0.717, 1.165) is 24.5 Å². The number of allylic oxidation sites excluding steroid dienone is 1. The second kappa shape index (κ2) is 7.47. The molecular weight excluding hydrogens is 322 g/mol. The first kappa shape index (κ1) is 16.4. The molecule has 0 atom stereocenters. The van der Waals surface area contributed by atoms with Crippen molar-refractivity contribution in [3.63, 3.8) is 0 Å². The summed E-state index contributed by atoms with van der Waals surface area (Å²) in [6.45, 7) is 0. The van der Waals surface area contributed by atoms with Gasteiger partial charge in [-0.15, -0.1) is 0 Å². The first-order valence-corrected chi connectivity index (χ1v) is 9.73. The molecule has 2 aliphatic carbocycles. The monoisotopic (exact) mass is 345 g/mol. The minimum Gasteiger partial charge on any atom is -0.199 e. The van der Waals surface area contributed by atoms with Crippen LogP contribution >= 0.6 is 12.2 Å². The highest BCUT2D eigenvalue weighted by Crippen LogP contribution is 2.31. The van der Waals surface area contributed by atoms with Crippen molar-refractivity contribution in [1.29, 1.82) is 0 Å². The predicted octanol–water partition coefficient (Wildman–Crippen LogP) is 6.48. The molecule has 0 N–H and O–H groups in total. The van der Waals surface area contributed by atoms with Gasteiger partial charge in [0.15, 0.2) is 0 Å². The molecule has 2 aromatic carbocycles. The van der Waals surface area contributed by atoms with Crippen LogP contribution in [0.15, 0.2) is 53.2 Å². The summed E-state index contributed by atoms with van der Waals surface area (Å²) in [5.74, 6) is 0.908. The standard InChI is InChI=1S/C23H23NS/c25-16-24-23-12-11-21-14-20(9-10-22(21)15-23)19-7-5-18(6-8-19)13-17-3-1-2-4-17/h5-10,14-15,17H,1-4,11-13H2. The molecule has 1 saturated carbocycles. The Kier molecular flexibility index (Phi) is 4.92. The maximum atomic E-state index is 4.71. The summed E-state index contributed by atoms with van der Waals surface area (Å²) >= 11 is 4.71. The van der Waals surface area contributed by atoms with E-state index >= 15 is 0 Å². The van der Waals surface area contributed by atoms with Crippen molar-refractivity contribution < 1.29 is 0 Å². The molecule has 0 saturated heterocycles. The zero-order chi connectivity index (χ0) is 17.1. The third-order valence-electron chi connectivity index (χ3n) is 5.59. The van der Waals surface area contributed by atoms with Crippen molar-refractivity contribution in [3.05, 3.63) is 64.9 Å². The quantitative estimate of drug-likeness (QED) is 0.456. The average molecular weight is 346 g/mol. The van der Waals surface area contributed by atoms with Crippen LogP contribution in [0.3, 0.4) is 0 Å². The molecule has 126 valence electrons. The lowest BCUT2D eigenvalue weighted by Gasteiger charge is -2.15. The molecule has 0 bridgehead atoms. The molecule has 0 aliphatic heterocycles. The number of rotatable bonds is 4. The molecule has 0 amide bonds. The van der Waals surface area contributed by atoms with E-state index in [2.05, 4.69) is 58.7 Å². The van der Waals surface area contributed by atoms with E-state index in [4.69, 9.17) is 12.2 Å². The molecule has 0 spiro atoms. The van der Waals surface area contributed by atoms with Gasteiger partial charge in [0.05, 0.1) is 10.9 Å². The van der Waals surface area contributed by atoms with Crippen LogP contribution in [-0.2, 0) is 12.8 Å². The van der Waals surface area contributed by atoms with Crippen molar-refractivity contribution in [3.8, 4) is 11.1 Å². The SMILES string of the molecule is S=C=NC1=Cc2ccc(-c3ccc(CC4CCCC4)cc3)cc2CC1. The van der Waals surface area contributed by atoms with Gasteiger partial charge < -0.3 is 0 Å². The molecule has 2 aliphatic rings. The van der Waals surface area contributed by atoms with E-state index in [9.17, 15) is 0 Å². The number of aryl methyl sites for hydroxylation is 1. The summed E-state index contributed by atoms with van der Waals surface area (Å²) in [4.78, 5) is 4.14. The highest BCUT2D eigenvalue weighted by atomic mass is 32.1. The summed E-state index contributed by atoms with van der Waals surface area (Å²) in [6.07, 6.45) is 11.0. The van der Waals surface area contributed by atoms with Crippen molar-refractivity contribution in [2.45, 2.75) is 44.9 Å². The van der Waals surface area contributed by atoms with Crippen LogP contribution in [0.25, 0.3) is 17.2 Å². The normalized spacial score (nSPS) is 16.9. The molecule has 0 aromatic heterocycles. The zero-order valence-corrected chi connectivity index (χ0v) is 15.3. The van der Waals surface area contributed by atoms with Gasteiger partial charge in [0.25, 0.3) is 0 Å². The van der Waals surface area contributed by atoms with Crippen LogP contribution in [0.2, 0.25) is 0 Å². The highest BCUT2D eigenvalue weighted by Gasteiger charge is 2.15. The first-order valence-electron chi connectivity index (χ1n) is 9.32. The van der Waals surface area contributed by atoms with E-state index in [1.54, 1.807) is 0 Å². The van der Waals surface area contributed by atoms with E-state index in [-0.39, 0.29) is 0 Å². The number of thiocarbonyl (C=S) groups is 1. The van der Waals surface area contributed by atoms with Gasteiger partial charge >= 0.3 is 0 Å². The van der Waals surface area contributed by atoms with Gasteiger partial charge in [-0.2, -0.15) is 4.99 Å². The van der Waals surface area contributed by atoms with Gasteiger partial charge in [-0.05, 0) is 71.3 Å². The Morgan fingerprint density at radius 1 is 0.960 bits per heavy atom. The number of fused-ring (bicyclic) bond motifs is 1. The van der Waals surface area contributed by atoms with Crippen LogP contribution < -0.4 is 0 Å². The number of benzene rings is 2. The molecule has 0 unspecified atom stereocenters. The van der Waals surface area contributed by atoms with Crippen molar-refractivity contribution >= 4 is 23.5 Å². The number of hydrogen-bond acceptors (Lipinski definition) is 2. The highest BCUT2D eigenvalue weighted by molar-refractivity contribution is 7.78. The molecule has 25 heavy (non-hydrogen) atoms. The molecule has 0 radical (unpaired) electrons. The van der Waals surface area contributed by atoms with Crippen LogP contribution in [0.5, 0.6) is 0 Å². The second-order valence-corrected chi connectivity index (χ2v) is 7.49. The van der Waals surface area contributed by atoms with Crippen molar-refractivity contribution in [1.82, 2.24) is 0 Å². The summed E-state index contributed by atoms with van der Waals surface area (Å²) in [5.41, 5.74) is 7.80. The lowest BCUT2D eigenvalue weighted by molar-refractivity contribution is 0.546. The van der Waals surface area contributed by atoms with E-state index in [0.29, 0.717) is 0 Å². The number of aliphatic imine (C=N–C) groups is 1. The fraction of sp³-hybridized carbons (Fsp3) is 0.348. The van der Waals surface area contributed by atoms with Crippen LogP contribution in [0, 0.1) is 5.92 Å². The van der Waals surface area contributed by atoms with E-state index in [1.807, 2.05) is 0 Å². The lowest BCUT2D eigenvalue weighted by Crippen LogP contribution is -1.99. The fourth-order valence-corrected chi connectivity index (χ4v) is 4.30. The van der Waals surface area contributed by atoms with Gasteiger partial charge in [-0.3, -0.25) is 0 Å². The number of isothiocyanates is 1. The molecule has 2 aromatic rings. The van der Waals surface area contributed by atoms with Crippen molar-refractivity contribution in [2.24, 2.45) is 10.9 Å². The van der Waals surface area contributed by atoms with E-state index < -0.39 is 0 Å². The summed E-state index contributed by atoms with van der Waals surface area (Å²) < 4.78 is 0. The molecular formula is C23H23NS.